The fourth-order valence-corrected chi connectivity index (χ4v) is 3.26. The van der Waals surface area contributed by atoms with Gasteiger partial charge in [-0.2, -0.15) is 0 Å². The van der Waals surface area contributed by atoms with E-state index in [2.05, 4.69) is 10.3 Å². The van der Waals surface area contributed by atoms with E-state index in [-0.39, 0.29) is 24.2 Å². The zero-order chi connectivity index (χ0) is 19.0. The number of nitrogens with zero attached hydrogens (tertiary/aromatic N) is 3. The summed E-state index contributed by atoms with van der Waals surface area (Å²) in [5.74, 6) is -0.194. The van der Waals surface area contributed by atoms with Gasteiger partial charge >= 0.3 is 5.69 Å². The number of rotatable bonds is 4. The molecule has 136 valence electrons. The lowest BCUT2D eigenvalue weighted by Crippen LogP contribution is -2.37. The van der Waals surface area contributed by atoms with Gasteiger partial charge in [0.15, 0.2) is 5.65 Å². The number of amides is 1. The molecule has 0 spiro atoms. The lowest BCUT2D eigenvalue weighted by Gasteiger charge is -2.13. The van der Waals surface area contributed by atoms with E-state index in [1.165, 1.54) is 8.97 Å². The molecule has 0 radical (unpaired) electrons. The molecule has 4 aromatic rings. The van der Waals surface area contributed by atoms with Crippen molar-refractivity contribution < 1.29 is 4.79 Å². The van der Waals surface area contributed by atoms with Crippen LogP contribution in [0.15, 0.2) is 65.6 Å². The molecule has 0 unspecified atom stereocenters. The number of carbonyl (C=O) groups excluding carboxylic acids is 1. The van der Waals surface area contributed by atoms with Gasteiger partial charge in [-0.25, -0.2) is 9.78 Å². The highest BCUT2D eigenvalue weighted by atomic mass is 16.2. The van der Waals surface area contributed by atoms with E-state index in [0.29, 0.717) is 11.2 Å². The zero-order valence-electron chi connectivity index (χ0n) is 15.2. The summed E-state index contributed by atoms with van der Waals surface area (Å²) in [6.45, 7) is 3.75. The van der Waals surface area contributed by atoms with Crippen molar-refractivity contribution in [2.45, 2.75) is 26.4 Å². The number of nitrogens with one attached hydrogen (secondary N) is 1. The fourth-order valence-electron chi connectivity index (χ4n) is 3.26. The lowest BCUT2D eigenvalue weighted by molar-refractivity contribution is -0.122. The van der Waals surface area contributed by atoms with Crippen LogP contribution in [0.1, 0.15) is 13.8 Å². The number of aromatic nitrogens is 3. The molecule has 1 amide bonds. The molecule has 0 fully saturated rings. The Hall–Kier alpha value is -3.41. The summed E-state index contributed by atoms with van der Waals surface area (Å²) < 4.78 is 3.02. The van der Waals surface area contributed by atoms with Crippen LogP contribution in [-0.4, -0.2) is 25.9 Å². The van der Waals surface area contributed by atoms with Crippen LogP contribution in [0, 0.1) is 0 Å². The van der Waals surface area contributed by atoms with Crippen molar-refractivity contribution in [3.63, 3.8) is 0 Å². The predicted octanol–water partition coefficient (Wildman–Crippen LogP) is 2.84. The summed E-state index contributed by atoms with van der Waals surface area (Å²) in [6.07, 6.45) is 1.73. The molecule has 0 aliphatic carbocycles. The second-order valence-corrected chi connectivity index (χ2v) is 6.79. The van der Waals surface area contributed by atoms with E-state index < -0.39 is 0 Å². The molecule has 1 N–H and O–H groups in total. The Morgan fingerprint density at radius 1 is 1.07 bits per heavy atom. The molecule has 0 saturated heterocycles. The Balaban J connectivity index is 1.94. The standard InChI is InChI=1S/C21H20N4O2/c1-14(2)22-19(26)13-24-18-11-7-6-10-16(18)20-23-17(12-25(20)21(24)27)15-8-4-3-5-9-15/h3-12,14H,13H2,1-2H3,(H,22,26). The molecule has 2 heterocycles. The molecule has 0 aliphatic rings. The molecule has 2 aromatic heterocycles. The van der Waals surface area contributed by atoms with E-state index in [4.69, 9.17) is 0 Å². The third-order valence-corrected chi connectivity index (χ3v) is 4.40. The first-order valence-corrected chi connectivity index (χ1v) is 8.90. The second kappa shape index (κ2) is 6.72. The SMILES string of the molecule is CC(C)NC(=O)Cn1c(=O)n2cc(-c3ccccc3)nc2c2ccccc21. The van der Waals surface area contributed by atoms with Crippen LogP contribution in [0.2, 0.25) is 0 Å². The van der Waals surface area contributed by atoms with Gasteiger partial charge in [0.1, 0.15) is 6.54 Å². The monoisotopic (exact) mass is 360 g/mol. The topological polar surface area (TPSA) is 68.4 Å². The van der Waals surface area contributed by atoms with Crippen molar-refractivity contribution >= 4 is 22.5 Å². The first-order valence-electron chi connectivity index (χ1n) is 8.90. The number of carbonyl (C=O) groups is 1. The lowest BCUT2D eigenvalue weighted by atomic mass is 10.2. The molecule has 2 aromatic carbocycles. The number of para-hydroxylation sites is 1. The molecule has 27 heavy (non-hydrogen) atoms. The quantitative estimate of drug-likeness (QED) is 0.608. The third kappa shape index (κ3) is 3.10. The second-order valence-electron chi connectivity index (χ2n) is 6.79. The van der Waals surface area contributed by atoms with E-state index in [0.717, 1.165) is 16.6 Å². The van der Waals surface area contributed by atoms with Crippen LogP contribution in [0.5, 0.6) is 0 Å². The Morgan fingerprint density at radius 2 is 1.78 bits per heavy atom. The molecule has 6 heteroatoms. The van der Waals surface area contributed by atoms with Crippen molar-refractivity contribution in [2.24, 2.45) is 0 Å². The van der Waals surface area contributed by atoms with Gasteiger partial charge in [-0.15, -0.1) is 0 Å². The highest BCUT2D eigenvalue weighted by molar-refractivity contribution is 5.93. The molecule has 0 bridgehead atoms. The molecular formula is C21H20N4O2. The molecule has 0 atom stereocenters. The van der Waals surface area contributed by atoms with Crippen LogP contribution < -0.4 is 11.0 Å². The summed E-state index contributed by atoms with van der Waals surface area (Å²) in [5, 5.41) is 3.67. The minimum absolute atomic E-state index is 0.0149. The van der Waals surface area contributed by atoms with Gasteiger partial charge in [0.05, 0.1) is 11.2 Å². The maximum Gasteiger partial charge on any atom is 0.334 e. The number of fused-ring (bicyclic) bond motifs is 3. The van der Waals surface area contributed by atoms with E-state index >= 15 is 0 Å². The average molecular weight is 360 g/mol. The Kier molecular flexibility index (Phi) is 4.24. The van der Waals surface area contributed by atoms with Crippen molar-refractivity contribution in [3.05, 3.63) is 71.3 Å². The van der Waals surface area contributed by atoms with Crippen molar-refractivity contribution in [3.8, 4) is 11.3 Å². The molecular weight excluding hydrogens is 340 g/mol. The number of benzene rings is 2. The first kappa shape index (κ1) is 17.0. The van der Waals surface area contributed by atoms with Gasteiger partial charge in [-0.3, -0.25) is 13.8 Å². The van der Waals surface area contributed by atoms with Gasteiger partial charge in [0.2, 0.25) is 5.91 Å². The molecule has 0 saturated carbocycles. The van der Waals surface area contributed by atoms with Gasteiger partial charge in [0.25, 0.3) is 0 Å². The van der Waals surface area contributed by atoms with E-state index in [1.54, 1.807) is 6.20 Å². The van der Waals surface area contributed by atoms with Crippen LogP contribution >= 0.6 is 0 Å². The summed E-state index contributed by atoms with van der Waals surface area (Å²) >= 11 is 0. The minimum Gasteiger partial charge on any atom is -0.352 e. The highest BCUT2D eigenvalue weighted by Gasteiger charge is 2.16. The number of imidazole rings is 1. The summed E-state index contributed by atoms with van der Waals surface area (Å²) in [4.78, 5) is 30.1. The Morgan fingerprint density at radius 3 is 2.52 bits per heavy atom. The van der Waals surface area contributed by atoms with Crippen LogP contribution in [0.3, 0.4) is 0 Å². The largest absolute Gasteiger partial charge is 0.352 e. The number of hydrogen-bond acceptors (Lipinski definition) is 3. The zero-order valence-corrected chi connectivity index (χ0v) is 15.2. The highest BCUT2D eigenvalue weighted by Crippen LogP contribution is 2.22. The molecule has 4 rings (SSSR count). The van der Waals surface area contributed by atoms with Crippen molar-refractivity contribution in [1.82, 2.24) is 19.3 Å². The van der Waals surface area contributed by atoms with Crippen LogP contribution in [0.25, 0.3) is 27.8 Å². The maximum absolute atomic E-state index is 13.1. The summed E-state index contributed by atoms with van der Waals surface area (Å²) in [7, 11) is 0. The molecule has 6 nitrogen and oxygen atoms in total. The summed E-state index contributed by atoms with van der Waals surface area (Å²) in [6, 6.07) is 17.3. The third-order valence-electron chi connectivity index (χ3n) is 4.40. The Bertz CT molecular complexity index is 1190. The molecule has 0 aliphatic heterocycles. The Labute approximate surface area is 156 Å². The summed E-state index contributed by atoms with van der Waals surface area (Å²) in [5.41, 5.74) is 2.67. The first-order chi connectivity index (χ1) is 13.0. The number of hydrogen-bond donors (Lipinski definition) is 1. The minimum atomic E-state index is -0.280. The predicted molar refractivity (Wildman–Crippen MR) is 106 cm³/mol. The van der Waals surface area contributed by atoms with Gasteiger partial charge in [-0.1, -0.05) is 42.5 Å². The van der Waals surface area contributed by atoms with Crippen molar-refractivity contribution in [1.29, 1.82) is 0 Å². The van der Waals surface area contributed by atoms with E-state index in [1.807, 2.05) is 68.4 Å². The van der Waals surface area contributed by atoms with Gasteiger partial charge < -0.3 is 5.32 Å². The fraction of sp³-hybridized carbons (Fsp3) is 0.190. The van der Waals surface area contributed by atoms with Gasteiger partial charge in [-0.05, 0) is 26.0 Å². The van der Waals surface area contributed by atoms with Crippen LogP contribution in [0.4, 0.5) is 0 Å². The smallest absolute Gasteiger partial charge is 0.334 e. The van der Waals surface area contributed by atoms with E-state index in [9.17, 15) is 9.59 Å². The van der Waals surface area contributed by atoms with Crippen LogP contribution in [-0.2, 0) is 11.3 Å². The average Bonchev–Trinajstić information content (AvgIpc) is 3.11. The van der Waals surface area contributed by atoms with Crippen molar-refractivity contribution in [2.75, 3.05) is 0 Å². The normalized spacial score (nSPS) is 11.4. The maximum atomic E-state index is 13.1. The van der Waals surface area contributed by atoms with Gasteiger partial charge in [0, 0.05) is 23.2 Å².